The van der Waals surface area contributed by atoms with E-state index in [0.29, 0.717) is 23.3 Å². The quantitative estimate of drug-likeness (QED) is 0.465. The minimum absolute atomic E-state index is 0.0230. The third-order valence-electron chi connectivity index (χ3n) is 6.22. The van der Waals surface area contributed by atoms with Crippen LogP contribution in [0.25, 0.3) is 33.1 Å². The van der Waals surface area contributed by atoms with E-state index >= 15 is 0 Å². The molecule has 1 aliphatic heterocycles. The summed E-state index contributed by atoms with van der Waals surface area (Å²) in [7, 11) is 0. The van der Waals surface area contributed by atoms with Crippen molar-refractivity contribution in [2.24, 2.45) is 0 Å². The molecule has 6 heteroatoms. The molecule has 1 aliphatic rings. The largest absolute Gasteiger partial charge is 0.461 e. The molecule has 2 aromatic heterocycles. The van der Waals surface area contributed by atoms with Crippen molar-refractivity contribution in [1.82, 2.24) is 5.32 Å². The fraction of sp³-hybridized carbons (Fsp3) is 0.308. The smallest absolute Gasteiger partial charge is 0.340 e. The van der Waals surface area contributed by atoms with Crippen molar-refractivity contribution in [2.45, 2.75) is 39.2 Å². The maximum Gasteiger partial charge on any atom is 0.340 e. The maximum atomic E-state index is 12.7. The molecule has 1 amide bonds. The molecule has 6 nitrogen and oxygen atoms in total. The van der Waals surface area contributed by atoms with Gasteiger partial charge in [-0.3, -0.25) is 4.79 Å². The highest BCUT2D eigenvalue weighted by Crippen LogP contribution is 2.37. The summed E-state index contributed by atoms with van der Waals surface area (Å²) in [5.41, 5.74) is 3.84. The summed E-state index contributed by atoms with van der Waals surface area (Å²) in [6.07, 6.45) is 1.99. The summed E-state index contributed by atoms with van der Waals surface area (Å²) in [5, 5.41) is 4.63. The zero-order valence-corrected chi connectivity index (χ0v) is 18.2. The standard InChI is InChI=1S/C26H25NO5/c1-15-19-11-21-23(31-16(2)25(21)17-7-4-3-5-8-17)13-22(19)32-26(29)20(15)12-24(28)27-14-18-9-6-10-30-18/h3-5,7-8,11,13,18H,6,9-10,12,14H2,1-2H3,(H,27,28). The van der Waals surface area contributed by atoms with Gasteiger partial charge in [0.25, 0.3) is 0 Å². The van der Waals surface area contributed by atoms with E-state index in [1.54, 1.807) is 6.07 Å². The predicted octanol–water partition coefficient (Wildman–Crippen LogP) is 4.66. The number of aryl methyl sites for hydroxylation is 2. The fourth-order valence-electron chi connectivity index (χ4n) is 4.53. The van der Waals surface area contributed by atoms with Gasteiger partial charge in [0.2, 0.25) is 5.91 Å². The zero-order valence-electron chi connectivity index (χ0n) is 18.2. The number of hydrogen-bond donors (Lipinski definition) is 1. The second kappa shape index (κ2) is 8.28. The number of fused-ring (bicyclic) bond motifs is 2. The Labute approximate surface area is 185 Å². The zero-order chi connectivity index (χ0) is 22.2. The topological polar surface area (TPSA) is 81.7 Å². The second-order valence-electron chi connectivity index (χ2n) is 8.35. The highest BCUT2D eigenvalue weighted by molar-refractivity contribution is 6.03. The first-order chi connectivity index (χ1) is 15.5. The summed E-state index contributed by atoms with van der Waals surface area (Å²) in [6.45, 7) is 5.00. The van der Waals surface area contributed by atoms with Gasteiger partial charge < -0.3 is 18.9 Å². The van der Waals surface area contributed by atoms with Crippen LogP contribution in [-0.4, -0.2) is 25.2 Å². The number of ether oxygens (including phenoxy) is 1. The first kappa shape index (κ1) is 20.5. The number of carbonyl (C=O) groups is 1. The maximum absolute atomic E-state index is 12.7. The summed E-state index contributed by atoms with van der Waals surface area (Å²) >= 11 is 0. The van der Waals surface area contributed by atoms with E-state index < -0.39 is 5.63 Å². The van der Waals surface area contributed by atoms with Crippen LogP contribution >= 0.6 is 0 Å². The molecular formula is C26H25NO5. The molecule has 1 unspecified atom stereocenters. The Hall–Kier alpha value is -3.38. The Kier molecular flexibility index (Phi) is 5.31. The normalized spacial score (nSPS) is 16.1. The molecule has 1 atom stereocenters. The first-order valence-corrected chi connectivity index (χ1v) is 10.9. The van der Waals surface area contributed by atoms with Crippen molar-refractivity contribution < 1.29 is 18.4 Å². The molecule has 1 saturated heterocycles. The van der Waals surface area contributed by atoms with Crippen molar-refractivity contribution in [2.75, 3.05) is 13.2 Å². The van der Waals surface area contributed by atoms with Gasteiger partial charge in [0, 0.05) is 35.6 Å². The molecule has 2 aromatic carbocycles. The van der Waals surface area contributed by atoms with Crippen LogP contribution in [-0.2, 0) is 16.0 Å². The molecule has 1 N–H and O–H groups in total. The van der Waals surface area contributed by atoms with Gasteiger partial charge >= 0.3 is 5.63 Å². The van der Waals surface area contributed by atoms with Crippen LogP contribution in [0.4, 0.5) is 0 Å². The molecule has 0 radical (unpaired) electrons. The van der Waals surface area contributed by atoms with E-state index in [9.17, 15) is 9.59 Å². The van der Waals surface area contributed by atoms with E-state index in [1.807, 2.05) is 50.2 Å². The van der Waals surface area contributed by atoms with Crippen LogP contribution < -0.4 is 10.9 Å². The Bertz CT molecular complexity index is 1360. The van der Waals surface area contributed by atoms with Crippen LogP contribution in [0, 0.1) is 13.8 Å². The number of rotatable bonds is 5. The SMILES string of the molecule is Cc1oc2cc3oc(=O)c(CC(=O)NCC4CCCO4)c(C)c3cc2c1-c1ccccc1. The molecule has 5 rings (SSSR count). The van der Waals surface area contributed by atoms with Gasteiger partial charge in [0.1, 0.15) is 16.9 Å². The molecule has 0 spiro atoms. The molecule has 0 saturated carbocycles. The van der Waals surface area contributed by atoms with Gasteiger partial charge in [-0.05, 0) is 43.9 Å². The van der Waals surface area contributed by atoms with Crippen LogP contribution in [0.15, 0.2) is 56.1 Å². The lowest BCUT2D eigenvalue weighted by Gasteiger charge is -2.12. The highest BCUT2D eigenvalue weighted by atomic mass is 16.5. The number of benzene rings is 2. The van der Waals surface area contributed by atoms with Crippen molar-refractivity contribution in [3.63, 3.8) is 0 Å². The lowest BCUT2D eigenvalue weighted by atomic mass is 9.98. The van der Waals surface area contributed by atoms with E-state index in [4.69, 9.17) is 13.6 Å². The van der Waals surface area contributed by atoms with E-state index in [0.717, 1.165) is 52.7 Å². The van der Waals surface area contributed by atoms with Crippen LogP contribution in [0.1, 0.15) is 29.7 Å². The number of carbonyl (C=O) groups excluding carboxylic acids is 1. The number of amides is 1. The van der Waals surface area contributed by atoms with Crippen molar-refractivity contribution >= 4 is 27.8 Å². The monoisotopic (exact) mass is 431 g/mol. The number of nitrogens with one attached hydrogen (secondary N) is 1. The minimum Gasteiger partial charge on any atom is -0.461 e. The van der Waals surface area contributed by atoms with E-state index in [-0.39, 0.29) is 18.4 Å². The molecule has 0 bridgehead atoms. The fourth-order valence-corrected chi connectivity index (χ4v) is 4.53. The van der Waals surface area contributed by atoms with Gasteiger partial charge in [-0.2, -0.15) is 0 Å². The van der Waals surface area contributed by atoms with Gasteiger partial charge in [-0.25, -0.2) is 4.79 Å². The Morgan fingerprint density at radius 3 is 2.59 bits per heavy atom. The van der Waals surface area contributed by atoms with Crippen molar-refractivity contribution in [1.29, 1.82) is 0 Å². The van der Waals surface area contributed by atoms with Crippen molar-refractivity contribution in [3.05, 3.63) is 69.8 Å². The van der Waals surface area contributed by atoms with Gasteiger partial charge in [0.05, 0.1) is 18.1 Å². The predicted molar refractivity (Wildman–Crippen MR) is 123 cm³/mol. The Morgan fingerprint density at radius 1 is 1.06 bits per heavy atom. The molecular weight excluding hydrogens is 406 g/mol. The van der Waals surface area contributed by atoms with E-state index in [1.165, 1.54) is 0 Å². The summed E-state index contributed by atoms with van der Waals surface area (Å²) in [4.78, 5) is 25.2. The lowest BCUT2D eigenvalue weighted by molar-refractivity contribution is -0.121. The average molecular weight is 431 g/mol. The number of hydrogen-bond acceptors (Lipinski definition) is 5. The van der Waals surface area contributed by atoms with Crippen LogP contribution in [0.5, 0.6) is 0 Å². The molecule has 1 fully saturated rings. The molecule has 0 aliphatic carbocycles. The van der Waals surface area contributed by atoms with E-state index in [2.05, 4.69) is 5.32 Å². The second-order valence-corrected chi connectivity index (χ2v) is 8.35. The van der Waals surface area contributed by atoms with Crippen molar-refractivity contribution in [3.8, 4) is 11.1 Å². The molecule has 4 aromatic rings. The number of furan rings is 1. The van der Waals surface area contributed by atoms with Crippen LogP contribution in [0.2, 0.25) is 0 Å². The first-order valence-electron chi connectivity index (χ1n) is 10.9. The summed E-state index contributed by atoms with van der Waals surface area (Å²) in [5.74, 6) is 0.593. The summed E-state index contributed by atoms with van der Waals surface area (Å²) in [6, 6.07) is 13.8. The Balaban J connectivity index is 1.53. The molecule has 164 valence electrons. The van der Waals surface area contributed by atoms with Gasteiger partial charge in [-0.15, -0.1) is 0 Å². The highest BCUT2D eigenvalue weighted by Gasteiger charge is 2.20. The minimum atomic E-state index is -0.492. The molecule has 32 heavy (non-hydrogen) atoms. The Morgan fingerprint density at radius 2 is 1.84 bits per heavy atom. The van der Waals surface area contributed by atoms with Crippen LogP contribution in [0.3, 0.4) is 0 Å². The summed E-state index contributed by atoms with van der Waals surface area (Å²) < 4.78 is 17.1. The van der Waals surface area contributed by atoms with Gasteiger partial charge in [-0.1, -0.05) is 30.3 Å². The average Bonchev–Trinajstić information content (AvgIpc) is 3.41. The third-order valence-corrected chi connectivity index (χ3v) is 6.22. The third kappa shape index (κ3) is 3.71. The lowest BCUT2D eigenvalue weighted by Crippen LogP contribution is -2.34. The van der Waals surface area contributed by atoms with Gasteiger partial charge in [0.15, 0.2) is 0 Å². The molecule has 3 heterocycles.